The van der Waals surface area contributed by atoms with Crippen molar-refractivity contribution in [1.29, 1.82) is 0 Å². The summed E-state index contributed by atoms with van der Waals surface area (Å²) in [5, 5.41) is 2.92. The third-order valence-corrected chi connectivity index (χ3v) is 3.86. The van der Waals surface area contributed by atoms with Crippen LogP contribution in [0.25, 0.3) is 11.1 Å². The number of fused-ring (bicyclic) bond motifs is 1. The number of rotatable bonds is 2. The van der Waals surface area contributed by atoms with Gasteiger partial charge >= 0.3 is 6.09 Å². The molecule has 1 N–H and O–H groups in total. The van der Waals surface area contributed by atoms with Gasteiger partial charge in [-0.1, -0.05) is 42.5 Å². The van der Waals surface area contributed by atoms with Gasteiger partial charge in [-0.3, -0.25) is 0 Å². The lowest BCUT2D eigenvalue weighted by molar-refractivity contribution is 0.0390. The number of hydrogen-bond donors (Lipinski definition) is 1. The van der Waals surface area contributed by atoms with E-state index in [0.29, 0.717) is 13.2 Å². The minimum Gasteiger partial charge on any atom is -0.444 e. The molecule has 0 aliphatic carbocycles. The van der Waals surface area contributed by atoms with Crippen LogP contribution in [0.3, 0.4) is 0 Å². The first kappa shape index (κ1) is 16.5. The Morgan fingerprint density at radius 1 is 1.12 bits per heavy atom. The van der Waals surface area contributed by atoms with E-state index in [2.05, 4.69) is 35.6 Å². The summed E-state index contributed by atoms with van der Waals surface area (Å²) in [7, 11) is 0. The third-order valence-electron chi connectivity index (χ3n) is 3.86. The van der Waals surface area contributed by atoms with E-state index < -0.39 is 11.7 Å². The fourth-order valence-electron chi connectivity index (χ4n) is 2.81. The van der Waals surface area contributed by atoms with Crippen LogP contribution in [0.2, 0.25) is 0 Å². The van der Waals surface area contributed by atoms with Gasteiger partial charge in [0, 0.05) is 0 Å². The molecular weight excluding hydrogens is 302 g/mol. The highest BCUT2D eigenvalue weighted by Gasteiger charge is 2.25. The van der Waals surface area contributed by atoms with Gasteiger partial charge in [-0.2, -0.15) is 0 Å². The molecule has 0 saturated heterocycles. The Balaban J connectivity index is 1.85. The molecule has 0 fully saturated rings. The Morgan fingerprint density at radius 2 is 1.88 bits per heavy atom. The van der Waals surface area contributed by atoms with Crippen LogP contribution in [0, 0.1) is 0 Å². The van der Waals surface area contributed by atoms with E-state index in [1.54, 1.807) is 0 Å². The zero-order chi connectivity index (χ0) is 17.2. The Kier molecular flexibility index (Phi) is 4.58. The lowest BCUT2D eigenvalue weighted by Crippen LogP contribution is -2.38. The molecule has 0 aromatic heterocycles. The van der Waals surface area contributed by atoms with Crippen molar-refractivity contribution in [3.8, 4) is 11.1 Å². The fourth-order valence-corrected chi connectivity index (χ4v) is 2.81. The van der Waals surface area contributed by atoms with Crippen LogP contribution in [-0.2, 0) is 16.1 Å². The molecule has 0 spiro atoms. The van der Waals surface area contributed by atoms with Crippen LogP contribution in [-0.4, -0.2) is 18.3 Å². The molecule has 0 radical (unpaired) electrons. The molecule has 1 heterocycles. The summed E-state index contributed by atoms with van der Waals surface area (Å²) < 4.78 is 11.0. The maximum absolute atomic E-state index is 12.1. The predicted molar refractivity (Wildman–Crippen MR) is 93.6 cm³/mol. The van der Waals surface area contributed by atoms with Crippen molar-refractivity contribution in [2.24, 2.45) is 0 Å². The number of ether oxygens (including phenoxy) is 2. The molecule has 1 aliphatic rings. The van der Waals surface area contributed by atoms with Crippen LogP contribution in [0.4, 0.5) is 4.79 Å². The summed E-state index contributed by atoms with van der Waals surface area (Å²) in [6.45, 7) is 6.57. The van der Waals surface area contributed by atoms with E-state index in [-0.39, 0.29) is 6.04 Å². The Morgan fingerprint density at radius 3 is 2.58 bits per heavy atom. The molecule has 2 aromatic carbocycles. The third kappa shape index (κ3) is 3.95. The summed E-state index contributed by atoms with van der Waals surface area (Å²) in [6.07, 6.45) is -0.422. The summed E-state index contributed by atoms with van der Waals surface area (Å²) >= 11 is 0. The summed E-state index contributed by atoms with van der Waals surface area (Å²) in [5.74, 6) is 0. The number of alkyl carbamates (subject to hydrolysis) is 1. The van der Waals surface area contributed by atoms with Crippen LogP contribution in [0.15, 0.2) is 48.5 Å². The maximum atomic E-state index is 12.1. The average molecular weight is 325 g/mol. The van der Waals surface area contributed by atoms with E-state index in [1.807, 2.05) is 39.0 Å². The van der Waals surface area contributed by atoms with Crippen molar-refractivity contribution in [2.45, 2.75) is 39.0 Å². The number of amides is 1. The zero-order valence-corrected chi connectivity index (χ0v) is 14.3. The first-order valence-electron chi connectivity index (χ1n) is 8.18. The lowest BCUT2D eigenvalue weighted by Gasteiger charge is -2.28. The van der Waals surface area contributed by atoms with Gasteiger partial charge in [0.15, 0.2) is 0 Å². The van der Waals surface area contributed by atoms with Crippen LogP contribution < -0.4 is 5.32 Å². The first-order valence-corrected chi connectivity index (χ1v) is 8.18. The normalized spacial score (nSPS) is 17.0. The first-order chi connectivity index (χ1) is 11.4. The fraction of sp³-hybridized carbons (Fsp3) is 0.350. The molecule has 24 heavy (non-hydrogen) atoms. The van der Waals surface area contributed by atoms with Gasteiger partial charge in [0.2, 0.25) is 0 Å². The molecular formula is C20H23NO3. The SMILES string of the molecule is CC(C)(C)OC(=O)NC1COCc2ccc(-c3ccccc3)cc21. The smallest absolute Gasteiger partial charge is 0.408 e. The van der Waals surface area contributed by atoms with Crippen molar-refractivity contribution in [3.05, 3.63) is 59.7 Å². The van der Waals surface area contributed by atoms with Gasteiger partial charge in [0.05, 0.1) is 19.3 Å². The van der Waals surface area contributed by atoms with Crippen LogP contribution in [0.5, 0.6) is 0 Å². The molecule has 1 unspecified atom stereocenters. The Labute approximate surface area is 142 Å². The monoisotopic (exact) mass is 325 g/mol. The van der Waals surface area contributed by atoms with E-state index in [0.717, 1.165) is 22.3 Å². The highest BCUT2D eigenvalue weighted by molar-refractivity contribution is 5.70. The predicted octanol–water partition coefficient (Wildman–Crippen LogP) is 4.45. The standard InChI is InChI=1S/C20H23NO3/c1-20(2,3)24-19(22)21-18-13-23-12-16-10-9-15(11-17(16)18)14-7-5-4-6-8-14/h4-11,18H,12-13H2,1-3H3,(H,21,22). The molecule has 1 aliphatic heterocycles. The molecule has 1 atom stereocenters. The minimum absolute atomic E-state index is 0.202. The van der Waals surface area contributed by atoms with Gasteiger partial charge in [-0.15, -0.1) is 0 Å². The van der Waals surface area contributed by atoms with Crippen molar-refractivity contribution in [2.75, 3.05) is 6.61 Å². The van der Waals surface area contributed by atoms with Gasteiger partial charge in [0.1, 0.15) is 5.60 Å². The second-order valence-corrected chi connectivity index (χ2v) is 6.99. The molecule has 1 amide bonds. The Bertz CT molecular complexity index is 719. The molecule has 2 aromatic rings. The average Bonchev–Trinajstić information content (AvgIpc) is 2.54. The van der Waals surface area contributed by atoms with Gasteiger partial charge < -0.3 is 14.8 Å². The zero-order valence-electron chi connectivity index (χ0n) is 14.3. The molecule has 3 rings (SSSR count). The van der Waals surface area contributed by atoms with Gasteiger partial charge in [0.25, 0.3) is 0 Å². The van der Waals surface area contributed by atoms with Crippen LogP contribution in [0.1, 0.15) is 37.9 Å². The van der Waals surface area contributed by atoms with E-state index in [9.17, 15) is 4.79 Å². The van der Waals surface area contributed by atoms with Gasteiger partial charge in [-0.25, -0.2) is 4.79 Å². The molecule has 126 valence electrons. The van der Waals surface area contributed by atoms with Crippen molar-refractivity contribution in [1.82, 2.24) is 5.32 Å². The maximum Gasteiger partial charge on any atom is 0.408 e. The quantitative estimate of drug-likeness (QED) is 0.887. The molecule has 4 nitrogen and oxygen atoms in total. The van der Waals surface area contributed by atoms with E-state index in [1.165, 1.54) is 0 Å². The number of carbonyl (C=O) groups excluding carboxylic acids is 1. The second kappa shape index (κ2) is 6.65. The van der Waals surface area contributed by atoms with E-state index >= 15 is 0 Å². The number of carbonyl (C=O) groups is 1. The highest BCUT2D eigenvalue weighted by Crippen LogP contribution is 2.30. The lowest BCUT2D eigenvalue weighted by atomic mass is 9.94. The summed E-state index contributed by atoms with van der Waals surface area (Å²) in [6, 6.07) is 16.3. The summed E-state index contributed by atoms with van der Waals surface area (Å²) in [4.78, 5) is 12.1. The molecule has 0 saturated carbocycles. The largest absolute Gasteiger partial charge is 0.444 e. The van der Waals surface area contributed by atoms with Crippen molar-refractivity contribution < 1.29 is 14.3 Å². The summed E-state index contributed by atoms with van der Waals surface area (Å²) in [5.41, 5.74) is 3.96. The highest BCUT2D eigenvalue weighted by atomic mass is 16.6. The molecule has 4 heteroatoms. The van der Waals surface area contributed by atoms with E-state index in [4.69, 9.17) is 9.47 Å². The molecule has 0 bridgehead atoms. The number of nitrogens with one attached hydrogen (secondary N) is 1. The van der Waals surface area contributed by atoms with Crippen molar-refractivity contribution >= 4 is 6.09 Å². The number of hydrogen-bond acceptors (Lipinski definition) is 3. The Hall–Kier alpha value is -2.33. The second-order valence-electron chi connectivity index (χ2n) is 6.99. The van der Waals surface area contributed by atoms with Crippen LogP contribution >= 0.6 is 0 Å². The van der Waals surface area contributed by atoms with Gasteiger partial charge in [-0.05, 0) is 49.1 Å². The minimum atomic E-state index is -0.520. The topological polar surface area (TPSA) is 47.6 Å². The van der Waals surface area contributed by atoms with Crippen molar-refractivity contribution in [3.63, 3.8) is 0 Å². The number of benzene rings is 2.